The number of aromatic carboxylic acids is 1. The van der Waals surface area contributed by atoms with Gasteiger partial charge in [-0.15, -0.1) is 0 Å². The Kier molecular flexibility index (Phi) is 6.53. The molecular weight excluding hydrogens is 438 g/mol. The fourth-order valence-electron chi connectivity index (χ4n) is 3.43. The number of nitrogens with one attached hydrogen (secondary N) is 2. The number of hydrogen-bond acceptors (Lipinski definition) is 8. The van der Waals surface area contributed by atoms with Crippen molar-refractivity contribution in [2.24, 2.45) is 0 Å². The highest BCUT2D eigenvalue weighted by molar-refractivity contribution is 5.89. The molecule has 0 saturated heterocycles. The Morgan fingerprint density at radius 3 is 2.47 bits per heavy atom. The van der Waals surface area contributed by atoms with Crippen LogP contribution in [0.4, 0.5) is 29.0 Å². The molecule has 0 radical (unpaired) electrons. The maximum atomic E-state index is 11.3. The van der Waals surface area contributed by atoms with E-state index in [1.54, 1.807) is 36.5 Å². The molecule has 2 aromatic heterocycles. The zero-order chi connectivity index (χ0) is 24.1. The number of fused-ring (bicyclic) bond motifs is 1. The summed E-state index contributed by atoms with van der Waals surface area (Å²) in [5.41, 5.74) is 9.20. The molecule has 0 aliphatic rings. The number of benzene rings is 2. The third kappa shape index (κ3) is 5.38. The Balaban J connectivity index is 1.69. The molecule has 0 spiro atoms. The van der Waals surface area contributed by atoms with Crippen LogP contribution in [0.3, 0.4) is 0 Å². The summed E-state index contributed by atoms with van der Waals surface area (Å²) in [5, 5.41) is 28.8. The summed E-state index contributed by atoms with van der Waals surface area (Å²) in [7, 11) is 0. The summed E-state index contributed by atoms with van der Waals surface area (Å²) in [6.07, 6.45) is 3.58. The molecule has 11 nitrogen and oxygen atoms in total. The number of anilines is 5. The number of aryl methyl sites for hydroxylation is 1. The molecule has 0 aliphatic carbocycles. The van der Waals surface area contributed by atoms with E-state index in [2.05, 4.69) is 25.7 Å². The third-order valence-corrected chi connectivity index (χ3v) is 5.04. The summed E-state index contributed by atoms with van der Waals surface area (Å²) in [6.45, 7) is 0. The number of unbranched alkanes of at least 4 members (excludes halogenated alkanes) is 1. The SMILES string of the molecule is Nc1cccc(Nc2nc(Nc3cccc(C(=O)O)c3)n3ncc(CCCCC(=O)O)c3n2)c1. The molecule has 0 aliphatic heterocycles. The lowest BCUT2D eigenvalue weighted by Crippen LogP contribution is -2.09. The van der Waals surface area contributed by atoms with Crippen LogP contribution in [-0.2, 0) is 11.2 Å². The van der Waals surface area contributed by atoms with E-state index in [1.807, 2.05) is 6.07 Å². The highest BCUT2D eigenvalue weighted by Gasteiger charge is 2.15. The van der Waals surface area contributed by atoms with E-state index in [0.29, 0.717) is 53.9 Å². The first-order valence-electron chi connectivity index (χ1n) is 10.6. The molecule has 0 unspecified atom stereocenters. The van der Waals surface area contributed by atoms with Crippen molar-refractivity contribution in [3.8, 4) is 0 Å². The first-order valence-corrected chi connectivity index (χ1v) is 10.6. The Bertz CT molecular complexity index is 1350. The summed E-state index contributed by atoms with van der Waals surface area (Å²) in [5.74, 6) is -1.24. The van der Waals surface area contributed by atoms with Crippen molar-refractivity contribution in [3.05, 3.63) is 65.9 Å². The van der Waals surface area contributed by atoms with Crippen LogP contribution in [0, 0.1) is 0 Å². The molecule has 6 N–H and O–H groups in total. The zero-order valence-electron chi connectivity index (χ0n) is 18.1. The van der Waals surface area contributed by atoms with Crippen LogP contribution >= 0.6 is 0 Å². The lowest BCUT2D eigenvalue weighted by molar-refractivity contribution is -0.137. The Labute approximate surface area is 194 Å². The highest BCUT2D eigenvalue weighted by Crippen LogP contribution is 2.23. The maximum Gasteiger partial charge on any atom is 0.335 e. The number of carbonyl (C=O) groups is 2. The van der Waals surface area contributed by atoms with Crippen molar-refractivity contribution >= 4 is 46.5 Å². The van der Waals surface area contributed by atoms with Gasteiger partial charge in [0.2, 0.25) is 11.9 Å². The molecule has 34 heavy (non-hydrogen) atoms. The lowest BCUT2D eigenvalue weighted by Gasteiger charge is -2.12. The minimum Gasteiger partial charge on any atom is -0.481 e. The average Bonchev–Trinajstić information content (AvgIpc) is 3.20. The molecule has 4 aromatic rings. The molecule has 4 rings (SSSR count). The van der Waals surface area contributed by atoms with Crippen LogP contribution in [0.5, 0.6) is 0 Å². The second-order valence-corrected chi connectivity index (χ2v) is 7.64. The molecule has 0 saturated carbocycles. The van der Waals surface area contributed by atoms with Gasteiger partial charge in [0, 0.05) is 29.0 Å². The lowest BCUT2D eigenvalue weighted by atomic mass is 10.1. The van der Waals surface area contributed by atoms with Crippen LogP contribution in [0.15, 0.2) is 54.7 Å². The summed E-state index contributed by atoms with van der Waals surface area (Å²) >= 11 is 0. The summed E-state index contributed by atoms with van der Waals surface area (Å²) in [6, 6.07) is 13.5. The second kappa shape index (κ2) is 9.86. The topological polar surface area (TPSA) is 168 Å². The predicted molar refractivity (Wildman–Crippen MR) is 127 cm³/mol. The molecule has 11 heteroatoms. The molecule has 174 valence electrons. The Hall–Kier alpha value is -4.67. The van der Waals surface area contributed by atoms with Crippen molar-refractivity contribution in [3.63, 3.8) is 0 Å². The molecule has 0 fully saturated rings. The third-order valence-electron chi connectivity index (χ3n) is 5.04. The van der Waals surface area contributed by atoms with E-state index in [1.165, 1.54) is 16.6 Å². The molecule has 0 amide bonds. The van der Waals surface area contributed by atoms with Crippen LogP contribution in [-0.4, -0.2) is 41.7 Å². The van der Waals surface area contributed by atoms with E-state index >= 15 is 0 Å². The van der Waals surface area contributed by atoms with Gasteiger partial charge in [0.1, 0.15) is 0 Å². The second-order valence-electron chi connectivity index (χ2n) is 7.64. The fraction of sp³-hybridized carbons (Fsp3) is 0.174. The van der Waals surface area contributed by atoms with Gasteiger partial charge in [-0.25, -0.2) is 4.79 Å². The van der Waals surface area contributed by atoms with Gasteiger partial charge in [-0.05, 0) is 55.7 Å². The largest absolute Gasteiger partial charge is 0.481 e. The molecular formula is C23H23N7O4. The van der Waals surface area contributed by atoms with Crippen LogP contribution in [0.1, 0.15) is 35.2 Å². The molecule has 0 atom stereocenters. The minimum atomic E-state index is -1.04. The average molecular weight is 461 g/mol. The van der Waals surface area contributed by atoms with Gasteiger partial charge in [0.15, 0.2) is 5.65 Å². The number of carboxylic acid groups (broad SMARTS) is 2. The number of aromatic nitrogens is 4. The summed E-state index contributed by atoms with van der Waals surface area (Å²) < 4.78 is 1.53. The van der Waals surface area contributed by atoms with Gasteiger partial charge < -0.3 is 26.6 Å². The number of aliphatic carboxylic acids is 1. The fourth-order valence-corrected chi connectivity index (χ4v) is 3.43. The van der Waals surface area contributed by atoms with E-state index in [9.17, 15) is 14.7 Å². The standard InChI is InChI=1S/C23H23N7O4/c24-16-7-4-9-18(12-16)26-22-28-20-15(5-1-2-10-19(31)32)13-25-30(20)23(29-22)27-17-8-3-6-14(11-17)21(33)34/h3-4,6-9,11-13H,1-2,5,10,24H2,(H,31,32)(H,33,34)(H2,26,27,28,29). The van der Waals surface area contributed by atoms with Gasteiger partial charge in [-0.2, -0.15) is 19.6 Å². The molecule has 2 aromatic carbocycles. The molecule has 2 heterocycles. The van der Waals surface area contributed by atoms with Gasteiger partial charge in [0.05, 0.1) is 11.8 Å². The van der Waals surface area contributed by atoms with Gasteiger partial charge in [0.25, 0.3) is 0 Å². The normalized spacial score (nSPS) is 10.8. The number of nitrogen functional groups attached to an aromatic ring is 1. The number of hydrogen-bond donors (Lipinski definition) is 5. The summed E-state index contributed by atoms with van der Waals surface area (Å²) in [4.78, 5) is 31.3. The van der Waals surface area contributed by atoms with E-state index < -0.39 is 11.9 Å². The van der Waals surface area contributed by atoms with Gasteiger partial charge >= 0.3 is 11.9 Å². The monoisotopic (exact) mass is 461 g/mol. The zero-order valence-corrected chi connectivity index (χ0v) is 18.1. The minimum absolute atomic E-state index is 0.100. The van der Waals surface area contributed by atoms with Crippen LogP contribution in [0.2, 0.25) is 0 Å². The predicted octanol–water partition coefficient (Wildman–Crippen LogP) is 3.69. The van der Waals surface area contributed by atoms with Crippen LogP contribution in [0.25, 0.3) is 5.65 Å². The number of rotatable bonds is 10. The van der Waals surface area contributed by atoms with Crippen LogP contribution < -0.4 is 16.4 Å². The number of carboxylic acids is 2. The van der Waals surface area contributed by atoms with E-state index in [4.69, 9.17) is 10.8 Å². The van der Waals surface area contributed by atoms with Crippen molar-refractivity contribution in [1.82, 2.24) is 19.6 Å². The first-order chi connectivity index (χ1) is 16.4. The smallest absolute Gasteiger partial charge is 0.335 e. The van der Waals surface area contributed by atoms with Gasteiger partial charge in [-0.3, -0.25) is 4.79 Å². The Morgan fingerprint density at radius 2 is 1.74 bits per heavy atom. The maximum absolute atomic E-state index is 11.3. The molecule has 0 bridgehead atoms. The van der Waals surface area contributed by atoms with Crippen molar-refractivity contribution in [2.45, 2.75) is 25.7 Å². The first kappa shape index (κ1) is 22.5. The Morgan fingerprint density at radius 1 is 0.971 bits per heavy atom. The highest BCUT2D eigenvalue weighted by atomic mass is 16.4. The quantitative estimate of drug-likeness (QED) is 0.173. The van der Waals surface area contributed by atoms with Crippen molar-refractivity contribution in [1.29, 1.82) is 0 Å². The van der Waals surface area contributed by atoms with Gasteiger partial charge in [-0.1, -0.05) is 12.1 Å². The number of nitrogens with two attached hydrogens (primary N) is 1. The van der Waals surface area contributed by atoms with Crippen molar-refractivity contribution in [2.75, 3.05) is 16.4 Å². The van der Waals surface area contributed by atoms with E-state index in [0.717, 1.165) is 5.56 Å². The number of nitrogens with zero attached hydrogens (tertiary/aromatic N) is 4. The van der Waals surface area contributed by atoms with Crippen molar-refractivity contribution < 1.29 is 19.8 Å². The van der Waals surface area contributed by atoms with E-state index in [-0.39, 0.29) is 12.0 Å².